The summed E-state index contributed by atoms with van der Waals surface area (Å²) in [5.41, 5.74) is 1.80. The third-order valence-electron chi connectivity index (χ3n) is 3.98. The van der Waals surface area contributed by atoms with Gasteiger partial charge in [0.2, 0.25) is 10.0 Å². The fourth-order valence-electron chi connectivity index (χ4n) is 2.53. The molecule has 0 spiro atoms. The standard InChI is InChI=1S/C20H19N3O3S/c1-15(16-6-3-2-4-7-16)23-27(25,26)19-11-9-18(10-12-19)22-20(24)17-8-5-13-21-14-17/h2-15,23H,1H3,(H,22,24)/t15-/m0/s1. The van der Waals surface area contributed by atoms with E-state index in [-0.39, 0.29) is 16.8 Å². The molecule has 3 aromatic rings. The highest BCUT2D eigenvalue weighted by atomic mass is 32.2. The van der Waals surface area contributed by atoms with E-state index in [1.807, 2.05) is 30.3 Å². The molecule has 1 amide bonds. The van der Waals surface area contributed by atoms with Crippen molar-refractivity contribution in [3.8, 4) is 0 Å². The van der Waals surface area contributed by atoms with Crippen LogP contribution in [-0.4, -0.2) is 19.3 Å². The molecule has 0 unspecified atom stereocenters. The fraction of sp³-hybridized carbons (Fsp3) is 0.100. The van der Waals surface area contributed by atoms with Crippen molar-refractivity contribution in [1.29, 1.82) is 0 Å². The van der Waals surface area contributed by atoms with Gasteiger partial charge in [-0.05, 0) is 48.9 Å². The van der Waals surface area contributed by atoms with Gasteiger partial charge in [-0.3, -0.25) is 9.78 Å². The van der Waals surface area contributed by atoms with Crippen LogP contribution in [0.25, 0.3) is 0 Å². The van der Waals surface area contributed by atoms with Crippen molar-refractivity contribution in [3.05, 3.63) is 90.3 Å². The Morgan fingerprint density at radius 2 is 1.67 bits per heavy atom. The minimum Gasteiger partial charge on any atom is -0.322 e. The van der Waals surface area contributed by atoms with Crippen molar-refractivity contribution in [1.82, 2.24) is 9.71 Å². The molecule has 3 rings (SSSR count). The van der Waals surface area contributed by atoms with Gasteiger partial charge in [0.25, 0.3) is 5.91 Å². The lowest BCUT2D eigenvalue weighted by Crippen LogP contribution is -2.26. The van der Waals surface area contributed by atoms with Gasteiger partial charge in [-0.2, -0.15) is 0 Å². The number of hydrogen-bond acceptors (Lipinski definition) is 4. The molecule has 0 aliphatic heterocycles. The second kappa shape index (κ2) is 8.11. The second-order valence-electron chi connectivity index (χ2n) is 5.97. The quantitative estimate of drug-likeness (QED) is 0.685. The minimum atomic E-state index is -3.68. The van der Waals surface area contributed by atoms with Gasteiger partial charge in [-0.25, -0.2) is 13.1 Å². The van der Waals surface area contributed by atoms with Crippen LogP contribution in [0.2, 0.25) is 0 Å². The van der Waals surface area contributed by atoms with Crippen LogP contribution in [0.3, 0.4) is 0 Å². The number of hydrogen-bond donors (Lipinski definition) is 2. The number of aromatic nitrogens is 1. The summed E-state index contributed by atoms with van der Waals surface area (Å²) in [5.74, 6) is -0.311. The molecule has 6 nitrogen and oxygen atoms in total. The Balaban J connectivity index is 1.69. The predicted molar refractivity (Wildman–Crippen MR) is 104 cm³/mol. The van der Waals surface area contributed by atoms with E-state index in [0.717, 1.165) is 5.56 Å². The zero-order valence-electron chi connectivity index (χ0n) is 14.7. The molecule has 0 saturated heterocycles. The number of rotatable bonds is 6. The molecule has 0 aliphatic rings. The largest absolute Gasteiger partial charge is 0.322 e. The van der Waals surface area contributed by atoms with Crippen LogP contribution < -0.4 is 10.0 Å². The lowest BCUT2D eigenvalue weighted by molar-refractivity contribution is 0.102. The third-order valence-corrected chi connectivity index (χ3v) is 5.53. The predicted octanol–water partition coefficient (Wildman–Crippen LogP) is 3.37. The summed E-state index contributed by atoms with van der Waals surface area (Å²) >= 11 is 0. The molecule has 0 saturated carbocycles. The normalized spacial score (nSPS) is 12.3. The maximum absolute atomic E-state index is 12.6. The lowest BCUT2D eigenvalue weighted by Gasteiger charge is -2.15. The summed E-state index contributed by atoms with van der Waals surface area (Å²) in [6.07, 6.45) is 3.04. The maximum Gasteiger partial charge on any atom is 0.257 e. The zero-order chi connectivity index (χ0) is 19.3. The molecule has 138 valence electrons. The Hall–Kier alpha value is -3.03. The highest BCUT2D eigenvalue weighted by Crippen LogP contribution is 2.19. The number of nitrogens with zero attached hydrogens (tertiary/aromatic N) is 1. The van der Waals surface area contributed by atoms with Crippen molar-refractivity contribution < 1.29 is 13.2 Å². The summed E-state index contributed by atoms with van der Waals surface area (Å²) in [7, 11) is -3.68. The molecule has 0 aliphatic carbocycles. The van der Waals surface area contributed by atoms with Crippen LogP contribution in [0.1, 0.15) is 28.9 Å². The molecule has 1 aromatic heterocycles. The van der Waals surface area contributed by atoms with Crippen LogP contribution in [0.15, 0.2) is 84.0 Å². The van der Waals surface area contributed by atoms with Gasteiger partial charge in [-0.15, -0.1) is 0 Å². The fourth-order valence-corrected chi connectivity index (χ4v) is 3.76. The second-order valence-corrected chi connectivity index (χ2v) is 7.69. The van der Waals surface area contributed by atoms with E-state index in [2.05, 4.69) is 15.0 Å². The number of amides is 1. The summed E-state index contributed by atoms with van der Waals surface area (Å²) in [6, 6.07) is 18.3. The molecule has 7 heteroatoms. The molecule has 0 bridgehead atoms. The van der Waals surface area contributed by atoms with Crippen molar-refractivity contribution in [2.24, 2.45) is 0 Å². The maximum atomic E-state index is 12.6. The summed E-state index contributed by atoms with van der Waals surface area (Å²) in [5, 5.41) is 2.71. The van der Waals surface area contributed by atoms with Crippen molar-refractivity contribution in [2.45, 2.75) is 17.9 Å². The Bertz CT molecular complexity index is 1010. The van der Waals surface area contributed by atoms with Crippen LogP contribution in [0, 0.1) is 0 Å². The highest BCUT2D eigenvalue weighted by Gasteiger charge is 2.18. The third kappa shape index (κ3) is 4.78. The van der Waals surface area contributed by atoms with E-state index in [1.165, 1.54) is 18.3 Å². The summed E-state index contributed by atoms with van der Waals surface area (Å²) in [4.78, 5) is 16.1. The number of carbonyl (C=O) groups excluding carboxylic acids is 1. The van der Waals surface area contributed by atoms with Gasteiger partial charge in [-0.1, -0.05) is 30.3 Å². The first-order chi connectivity index (χ1) is 13.0. The van der Waals surface area contributed by atoms with Gasteiger partial charge in [0.05, 0.1) is 10.5 Å². The number of benzene rings is 2. The SMILES string of the molecule is C[C@H](NS(=O)(=O)c1ccc(NC(=O)c2cccnc2)cc1)c1ccccc1. The van der Waals surface area contributed by atoms with E-state index >= 15 is 0 Å². The van der Waals surface area contributed by atoms with Crippen molar-refractivity contribution in [2.75, 3.05) is 5.32 Å². The van der Waals surface area contributed by atoms with Gasteiger partial charge in [0.1, 0.15) is 0 Å². The van der Waals surface area contributed by atoms with E-state index in [4.69, 9.17) is 0 Å². The van der Waals surface area contributed by atoms with Gasteiger partial charge < -0.3 is 5.32 Å². The molecule has 1 heterocycles. The first-order valence-electron chi connectivity index (χ1n) is 8.34. The van der Waals surface area contributed by atoms with Gasteiger partial charge >= 0.3 is 0 Å². The summed E-state index contributed by atoms with van der Waals surface area (Å²) < 4.78 is 27.8. The Morgan fingerprint density at radius 1 is 0.963 bits per heavy atom. The van der Waals surface area contributed by atoms with Crippen LogP contribution in [0.5, 0.6) is 0 Å². The van der Waals surface area contributed by atoms with Crippen LogP contribution >= 0.6 is 0 Å². The van der Waals surface area contributed by atoms with Crippen LogP contribution in [-0.2, 0) is 10.0 Å². The number of anilines is 1. The number of pyridine rings is 1. The molecule has 0 radical (unpaired) electrons. The van der Waals surface area contributed by atoms with E-state index in [0.29, 0.717) is 11.3 Å². The molecule has 2 N–H and O–H groups in total. The highest BCUT2D eigenvalue weighted by molar-refractivity contribution is 7.89. The first kappa shape index (κ1) is 18.8. The van der Waals surface area contributed by atoms with Gasteiger partial charge in [0.15, 0.2) is 0 Å². The van der Waals surface area contributed by atoms with E-state index in [1.54, 1.807) is 37.4 Å². The van der Waals surface area contributed by atoms with E-state index < -0.39 is 10.0 Å². The molecular formula is C20H19N3O3S. The molecular weight excluding hydrogens is 362 g/mol. The van der Waals surface area contributed by atoms with E-state index in [9.17, 15) is 13.2 Å². The molecule has 1 atom stereocenters. The van der Waals surface area contributed by atoms with Crippen molar-refractivity contribution in [3.63, 3.8) is 0 Å². The first-order valence-corrected chi connectivity index (χ1v) is 9.83. The Labute approximate surface area is 158 Å². The Morgan fingerprint density at radius 3 is 2.30 bits per heavy atom. The monoisotopic (exact) mass is 381 g/mol. The smallest absolute Gasteiger partial charge is 0.257 e. The average molecular weight is 381 g/mol. The lowest BCUT2D eigenvalue weighted by atomic mass is 10.1. The molecule has 2 aromatic carbocycles. The van der Waals surface area contributed by atoms with Crippen LogP contribution in [0.4, 0.5) is 5.69 Å². The average Bonchev–Trinajstić information content (AvgIpc) is 2.69. The number of carbonyl (C=O) groups is 1. The summed E-state index contributed by atoms with van der Waals surface area (Å²) in [6.45, 7) is 1.79. The molecule has 27 heavy (non-hydrogen) atoms. The topological polar surface area (TPSA) is 88.2 Å². The number of nitrogens with one attached hydrogen (secondary N) is 2. The minimum absolute atomic E-state index is 0.129. The Kier molecular flexibility index (Phi) is 5.63. The number of sulfonamides is 1. The molecule has 0 fully saturated rings. The zero-order valence-corrected chi connectivity index (χ0v) is 15.5. The van der Waals surface area contributed by atoms with Gasteiger partial charge in [0, 0.05) is 24.1 Å². The van der Waals surface area contributed by atoms with Crippen molar-refractivity contribution >= 4 is 21.6 Å².